The third-order valence-corrected chi connectivity index (χ3v) is 5.00. The van der Waals surface area contributed by atoms with Crippen LogP contribution in [0.1, 0.15) is 33.3 Å². The molecule has 2 aromatic carbocycles. The monoisotopic (exact) mass is 410 g/mol. The number of hydrogen-bond acceptors (Lipinski definition) is 5. The van der Waals surface area contributed by atoms with Gasteiger partial charge in [-0.3, -0.25) is 14.5 Å². The molecule has 0 radical (unpaired) electrons. The van der Waals surface area contributed by atoms with E-state index in [0.29, 0.717) is 17.1 Å². The van der Waals surface area contributed by atoms with Crippen LogP contribution in [0.2, 0.25) is 0 Å². The number of ether oxygens (including phenoxy) is 2. The predicted molar refractivity (Wildman–Crippen MR) is 113 cm³/mol. The molecule has 0 saturated heterocycles. The number of carbonyl (C=O) groups excluding carboxylic acids is 3. The highest BCUT2D eigenvalue weighted by Crippen LogP contribution is 2.37. The Balaban J connectivity index is 1.74. The van der Waals surface area contributed by atoms with Crippen LogP contribution < -0.4 is 15.0 Å². The predicted octanol–water partition coefficient (Wildman–Crippen LogP) is 3.46. The summed E-state index contributed by atoms with van der Waals surface area (Å²) < 4.78 is 11.0. The highest BCUT2D eigenvalue weighted by atomic mass is 16.6. The maximum atomic E-state index is 13.2. The third-order valence-electron chi connectivity index (χ3n) is 5.00. The van der Waals surface area contributed by atoms with E-state index in [9.17, 15) is 14.4 Å². The highest BCUT2D eigenvalue weighted by Gasteiger charge is 2.45. The largest absolute Gasteiger partial charge is 0.479 e. The molecule has 0 spiro atoms. The quantitative estimate of drug-likeness (QED) is 0.763. The van der Waals surface area contributed by atoms with Crippen LogP contribution in [0.15, 0.2) is 48.5 Å². The van der Waals surface area contributed by atoms with Crippen molar-refractivity contribution >= 4 is 29.2 Å². The highest BCUT2D eigenvalue weighted by molar-refractivity contribution is 6.15. The fraction of sp³-hybridized carbons (Fsp3) is 0.348. The van der Waals surface area contributed by atoms with Gasteiger partial charge in [0.25, 0.3) is 5.91 Å². The summed E-state index contributed by atoms with van der Waals surface area (Å²) in [7, 11) is 0. The Hall–Kier alpha value is -3.35. The second-order valence-corrected chi connectivity index (χ2v) is 7.86. The summed E-state index contributed by atoms with van der Waals surface area (Å²) >= 11 is 0. The maximum Gasteiger partial charge on any atom is 0.347 e. The number of aryl methyl sites for hydroxylation is 1. The lowest BCUT2D eigenvalue weighted by Crippen LogP contribution is -2.60. The molecule has 2 atom stereocenters. The molecule has 2 amide bonds. The number of rotatable bonds is 5. The van der Waals surface area contributed by atoms with E-state index in [1.165, 1.54) is 11.8 Å². The molecule has 0 aliphatic carbocycles. The summed E-state index contributed by atoms with van der Waals surface area (Å²) in [6, 6.07) is 14.3. The van der Waals surface area contributed by atoms with E-state index < -0.39 is 29.6 Å². The Kier molecular flexibility index (Phi) is 5.82. The van der Waals surface area contributed by atoms with Gasteiger partial charge < -0.3 is 14.8 Å². The molecule has 0 aromatic heterocycles. The molecular formula is C23H26N2O5. The second kappa shape index (κ2) is 8.18. The van der Waals surface area contributed by atoms with Crippen molar-refractivity contribution in [3.8, 4) is 5.75 Å². The summed E-state index contributed by atoms with van der Waals surface area (Å²) in [5.74, 6) is -0.922. The number of hydrogen-bond donors (Lipinski definition) is 1. The van der Waals surface area contributed by atoms with E-state index in [4.69, 9.17) is 9.47 Å². The van der Waals surface area contributed by atoms with Gasteiger partial charge in [-0.1, -0.05) is 24.3 Å². The van der Waals surface area contributed by atoms with Crippen LogP contribution in [0.5, 0.6) is 5.75 Å². The normalized spacial score (nSPS) is 16.7. The minimum absolute atomic E-state index is 0.316. The molecule has 1 N–H and O–H groups in total. The summed E-state index contributed by atoms with van der Waals surface area (Å²) in [5.41, 5.74) is 0.945. The fourth-order valence-corrected chi connectivity index (χ4v) is 3.29. The smallest absolute Gasteiger partial charge is 0.347 e. The number of benzene rings is 2. The lowest BCUT2D eigenvalue weighted by Gasteiger charge is -2.42. The average molecular weight is 410 g/mol. The Morgan fingerprint density at radius 3 is 2.43 bits per heavy atom. The van der Waals surface area contributed by atoms with Gasteiger partial charge in [-0.2, -0.15) is 0 Å². The minimum atomic E-state index is -1.14. The van der Waals surface area contributed by atoms with E-state index in [-0.39, 0.29) is 5.91 Å². The van der Waals surface area contributed by atoms with E-state index in [0.717, 1.165) is 5.56 Å². The lowest BCUT2D eigenvalue weighted by molar-refractivity contribution is -0.160. The molecule has 0 unspecified atom stereocenters. The number of nitrogens with zero attached hydrogens (tertiary/aromatic N) is 1. The van der Waals surface area contributed by atoms with Crippen LogP contribution in [0, 0.1) is 6.92 Å². The van der Waals surface area contributed by atoms with Gasteiger partial charge in [0.15, 0.2) is 12.2 Å². The van der Waals surface area contributed by atoms with Crippen molar-refractivity contribution in [1.29, 1.82) is 0 Å². The van der Waals surface area contributed by atoms with Crippen LogP contribution >= 0.6 is 0 Å². The van der Waals surface area contributed by atoms with Crippen molar-refractivity contribution in [2.45, 2.75) is 52.4 Å². The van der Waals surface area contributed by atoms with Gasteiger partial charge in [0.1, 0.15) is 11.3 Å². The summed E-state index contributed by atoms with van der Waals surface area (Å²) in [5, 5.41) is 2.80. The Morgan fingerprint density at radius 1 is 1.03 bits per heavy atom. The molecule has 1 heterocycles. The van der Waals surface area contributed by atoms with Crippen LogP contribution in [0.25, 0.3) is 0 Å². The molecule has 158 valence electrons. The first kappa shape index (κ1) is 21.4. The van der Waals surface area contributed by atoms with Crippen LogP contribution in [-0.4, -0.2) is 35.5 Å². The fourth-order valence-electron chi connectivity index (χ4n) is 3.29. The zero-order chi connectivity index (χ0) is 22.1. The van der Waals surface area contributed by atoms with Gasteiger partial charge in [-0.25, -0.2) is 4.79 Å². The number of anilines is 2. The van der Waals surface area contributed by atoms with E-state index in [1.807, 2.05) is 25.1 Å². The first-order valence-corrected chi connectivity index (χ1v) is 9.79. The zero-order valence-corrected chi connectivity index (χ0v) is 17.8. The van der Waals surface area contributed by atoms with Gasteiger partial charge in [0.05, 0.1) is 11.4 Å². The summed E-state index contributed by atoms with van der Waals surface area (Å²) in [4.78, 5) is 39.6. The Bertz CT molecular complexity index is 985. The van der Waals surface area contributed by atoms with Gasteiger partial charge in [0, 0.05) is 0 Å². The number of amides is 2. The van der Waals surface area contributed by atoms with Gasteiger partial charge in [-0.15, -0.1) is 0 Å². The summed E-state index contributed by atoms with van der Waals surface area (Å²) in [6.45, 7) is 8.27. The Labute approximate surface area is 176 Å². The lowest BCUT2D eigenvalue weighted by atomic mass is 9.95. The standard InChI is InChI=1S/C23H26N2O5/c1-14-9-8-10-17(13-14)29-16(3)21(27)30-15(2)20(26)25-19-12-7-6-11-18(19)24-22(28)23(25,4)5/h6-13,15-16H,1-5H3,(H,24,28)/t15-,16-/m1/s1. The molecule has 3 rings (SSSR count). The molecular weight excluding hydrogens is 384 g/mol. The number of esters is 1. The second-order valence-electron chi connectivity index (χ2n) is 7.86. The van der Waals surface area contributed by atoms with Crippen molar-refractivity contribution in [2.75, 3.05) is 10.2 Å². The van der Waals surface area contributed by atoms with Crippen molar-refractivity contribution in [3.63, 3.8) is 0 Å². The molecule has 30 heavy (non-hydrogen) atoms. The van der Waals surface area contributed by atoms with Gasteiger partial charge in [0.2, 0.25) is 5.91 Å². The van der Waals surface area contributed by atoms with Crippen molar-refractivity contribution < 1.29 is 23.9 Å². The van der Waals surface area contributed by atoms with Crippen molar-refractivity contribution in [3.05, 3.63) is 54.1 Å². The molecule has 0 saturated carbocycles. The molecule has 2 aromatic rings. The SMILES string of the molecule is Cc1cccc(O[C@H](C)C(=O)O[C@H](C)C(=O)N2c3ccccc3NC(=O)C2(C)C)c1. The van der Waals surface area contributed by atoms with Crippen molar-refractivity contribution in [1.82, 2.24) is 0 Å². The van der Waals surface area contributed by atoms with Crippen LogP contribution in [-0.2, 0) is 19.1 Å². The third kappa shape index (κ3) is 4.15. The first-order chi connectivity index (χ1) is 14.1. The van der Waals surface area contributed by atoms with E-state index in [1.54, 1.807) is 51.1 Å². The number of para-hydroxylation sites is 2. The van der Waals surface area contributed by atoms with Gasteiger partial charge >= 0.3 is 5.97 Å². The van der Waals surface area contributed by atoms with Crippen molar-refractivity contribution in [2.24, 2.45) is 0 Å². The molecule has 1 aliphatic rings. The molecule has 1 aliphatic heterocycles. The molecule has 0 bridgehead atoms. The molecule has 7 heteroatoms. The average Bonchev–Trinajstić information content (AvgIpc) is 2.68. The minimum Gasteiger partial charge on any atom is -0.479 e. The van der Waals surface area contributed by atoms with Crippen LogP contribution in [0.4, 0.5) is 11.4 Å². The number of fused-ring (bicyclic) bond motifs is 1. The maximum absolute atomic E-state index is 13.2. The van der Waals surface area contributed by atoms with E-state index in [2.05, 4.69) is 5.32 Å². The van der Waals surface area contributed by atoms with E-state index >= 15 is 0 Å². The number of nitrogens with one attached hydrogen (secondary N) is 1. The zero-order valence-electron chi connectivity index (χ0n) is 17.8. The van der Waals surface area contributed by atoms with Crippen LogP contribution in [0.3, 0.4) is 0 Å². The van der Waals surface area contributed by atoms with Gasteiger partial charge in [-0.05, 0) is 64.4 Å². The molecule has 0 fully saturated rings. The first-order valence-electron chi connectivity index (χ1n) is 9.79. The Morgan fingerprint density at radius 2 is 1.73 bits per heavy atom. The summed E-state index contributed by atoms with van der Waals surface area (Å²) in [6.07, 6.45) is -1.99. The topological polar surface area (TPSA) is 84.9 Å². The molecule has 7 nitrogen and oxygen atoms in total. The number of carbonyl (C=O) groups is 3.